The number of nitrogens with zero attached hydrogens (tertiary/aromatic N) is 2. The Hall–Kier alpha value is -4.47. The molecule has 2 aromatic heterocycles. The molecule has 2 aromatic carbocycles. The molecule has 1 unspecified atom stereocenters. The fourth-order valence-corrected chi connectivity index (χ4v) is 6.91. The topological polar surface area (TPSA) is 149 Å². The van der Waals surface area contributed by atoms with Gasteiger partial charge >= 0.3 is 6.18 Å². The van der Waals surface area contributed by atoms with Gasteiger partial charge in [0, 0.05) is 36.8 Å². The minimum atomic E-state index is -4.56. The number of fused-ring (bicyclic) bond motifs is 1. The van der Waals surface area contributed by atoms with Crippen molar-refractivity contribution in [3.63, 3.8) is 0 Å². The lowest BCUT2D eigenvalue weighted by Gasteiger charge is -2.40. The minimum Gasteiger partial charge on any atom is -0.490 e. The standard InChI is InChI=1S/C38H41ClF3N5O6/c39-25-10-12-30(43-17-25)34-13-11-28(53-34)19-47-20-31(37(51)45-22-38(40,41)42)44-18-26(47)16-27(48)15-24(14-23-6-2-1-3-7-23)36(50)46-35-29-8-4-5-9-33(29)52-21-32(35)49/h1-13,17,24,26-27,31-32,35,44,48-49H,14-16,18-22H2,(H,45,51)(H,46,50)/t24-,26?,27+,31+,32-,35+/m1/s1. The van der Waals surface area contributed by atoms with Crippen molar-refractivity contribution >= 4 is 23.4 Å². The van der Waals surface area contributed by atoms with Crippen molar-refractivity contribution in [2.45, 2.75) is 62.3 Å². The molecule has 0 bridgehead atoms. The number of amides is 2. The van der Waals surface area contributed by atoms with Gasteiger partial charge < -0.3 is 35.3 Å². The van der Waals surface area contributed by atoms with Crippen LogP contribution in [0.4, 0.5) is 13.2 Å². The van der Waals surface area contributed by atoms with Gasteiger partial charge in [0.1, 0.15) is 36.5 Å². The number of ether oxygens (including phenoxy) is 1. The number of rotatable bonds is 13. The third-order valence-corrected chi connectivity index (χ3v) is 9.68. The monoisotopic (exact) mass is 755 g/mol. The van der Waals surface area contributed by atoms with Gasteiger partial charge in [-0.3, -0.25) is 19.5 Å². The number of aliphatic hydroxyl groups excluding tert-OH is 2. The zero-order chi connectivity index (χ0) is 37.5. The molecule has 5 N–H and O–H groups in total. The summed E-state index contributed by atoms with van der Waals surface area (Å²) in [5, 5.41) is 30.8. The molecule has 53 heavy (non-hydrogen) atoms. The minimum absolute atomic E-state index is 0.0149. The van der Waals surface area contributed by atoms with E-state index in [1.54, 1.807) is 42.5 Å². The van der Waals surface area contributed by atoms with E-state index in [2.05, 4.69) is 15.6 Å². The van der Waals surface area contributed by atoms with E-state index in [1.807, 2.05) is 46.6 Å². The first-order chi connectivity index (χ1) is 25.4. The summed E-state index contributed by atoms with van der Waals surface area (Å²) in [6.45, 7) is -1.05. The molecule has 6 atom stereocenters. The predicted octanol–water partition coefficient (Wildman–Crippen LogP) is 4.43. The number of carbonyl (C=O) groups excluding carboxylic acids is 2. The van der Waals surface area contributed by atoms with Gasteiger partial charge in [0.15, 0.2) is 5.76 Å². The number of halogens is 4. The normalized spacial score (nSPS) is 21.5. The van der Waals surface area contributed by atoms with Crippen molar-refractivity contribution in [1.29, 1.82) is 0 Å². The summed E-state index contributed by atoms with van der Waals surface area (Å²) >= 11 is 5.98. The van der Waals surface area contributed by atoms with E-state index in [0.29, 0.717) is 40.0 Å². The van der Waals surface area contributed by atoms with Crippen molar-refractivity contribution in [2.75, 3.05) is 26.2 Å². The first kappa shape index (κ1) is 38.3. The quantitative estimate of drug-likeness (QED) is 0.134. The van der Waals surface area contributed by atoms with Gasteiger partial charge in [-0.25, -0.2) is 0 Å². The number of benzene rings is 2. The maximum absolute atomic E-state index is 13.9. The van der Waals surface area contributed by atoms with E-state index in [4.69, 9.17) is 20.8 Å². The van der Waals surface area contributed by atoms with E-state index >= 15 is 0 Å². The van der Waals surface area contributed by atoms with Gasteiger partial charge in [-0.2, -0.15) is 13.2 Å². The second-order valence-electron chi connectivity index (χ2n) is 13.4. The Kier molecular flexibility index (Phi) is 12.4. The molecule has 0 spiro atoms. The Morgan fingerprint density at radius 1 is 1.06 bits per heavy atom. The van der Waals surface area contributed by atoms with Crippen LogP contribution in [-0.4, -0.2) is 88.6 Å². The SMILES string of the molecule is O=C(N[C@H]1c2ccccc2OC[C@H]1O)[C@H](Cc1ccccc1)C[C@H](O)CC1CN[C@H](C(=O)NCC(F)(F)F)CN1Cc1ccc(-c2ccc(Cl)cn2)o1. The van der Waals surface area contributed by atoms with Crippen LogP contribution in [0.3, 0.4) is 0 Å². The Bertz CT molecular complexity index is 1830. The first-order valence-corrected chi connectivity index (χ1v) is 17.7. The molecule has 1 fully saturated rings. The van der Waals surface area contributed by atoms with Crippen molar-refractivity contribution in [1.82, 2.24) is 25.8 Å². The molecule has 2 amide bonds. The van der Waals surface area contributed by atoms with Gasteiger partial charge in [-0.05, 0) is 55.2 Å². The summed E-state index contributed by atoms with van der Waals surface area (Å²) in [5.41, 5.74) is 2.10. The fourth-order valence-electron chi connectivity index (χ4n) is 6.80. The molecule has 2 aliphatic rings. The lowest BCUT2D eigenvalue weighted by molar-refractivity contribution is -0.140. The summed E-state index contributed by atoms with van der Waals surface area (Å²) in [6.07, 6.45) is -4.45. The second-order valence-corrected chi connectivity index (χ2v) is 13.9. The lowest BCUT2D eigenvalue weighted by atomic mass is 9.89. The number of para-hydroxylation sites is 1. The largest absolute Gasteiger partial charge is 0.490 e. The lowest BCUT2D eigenvalue weighted by Crippen LogP contribution is -2.61. The van der Waals surface area contributed by atoms with Crippen LogP contribution in [0, 0.1) is 5.92 Å². The number of hydrogen-bond donors (Lipinski definition) is 5. The number of hydrogen-bond acceptors (Lipinski definition) is 9. The molecule has 1 saturated heterocycles. The highest BCUT2D eigenvalue weighted by Crippen LogP contribution is 2.33. The van der Waals surface area contributed by atoms with Crippen molar-refractivity contribution in [3.8, 4) is 17.2 Å². The first-order valence-electron chi connectivity index (χ1n) is 17.4. The number of carbonyl (C=O) groups is 2. The fraction of sp³-hybridized carbons (Fsp3) is 0.395. The van der Waals surface area contributed by atoms with Crippen LogP contribution in [0.15, 0.2) is 89.5 Å². The third-order valence-electron chi connectivity index (χ3n) is 9.46. The average molecular weight is 756 g/mol. The maximum Gasteiger partial charge on any atom is 0.405 e. The van der Waals surface area contributed by atoms with Crippen LogP contribution >= 0.6 is 11.6 Å². The Morgan fingerprint density at radius 3 is 2.58 bits per heavy atom. The van der Waals surface area contributed by atoms with E-state index in [1.165, 1.54) is 6.20 Å². The number of nitrogens with one attached hydrogen (secondary N) is 3. The van der Waals surface area contributed by atoms with Gasteiger partial charge in [-0.15, -0.1) is 0 Å². The molecule has 282 valence electrons. The summed E-state index contributed by atoms with van der Waals surface area (Å²) in [7, 11) is 0. The zero-order valence-electron chi connectivity index (χ0n) is 28.6. The molecule has 0 radical (unpaired) electrons. The summed E-state index contributed by atoms with van der Waals surface area (Å²) < 4.78 is 50.4. The Balaban J connectivity index is 1.17. The van der Waals surface area contributed by atoms with E-state index < -0.39 is 48.8 Å². The van der Waals surface area contributed by atoms with Crippen molar-refractivity contribution in [2.24, 2.45) is 5.92 Å². The maximum atomic E-state index is 13.9. The van der Waals surface area contributed by atoms with Gasteiger partial charge in [-0.1, -0.05) is 60.1 Å². The van der Waals surface area contributed by atoms with Crippen molar-refractivity contribution in [3.05, 3.63) is 107 Å². The van der Waals surface area contributed by atoms with Crippen molar-refractivity contribution < 1.29 is 42.1 Å². The molecule has 4 aromatic rings. The van der Waals surface area contributed by atoms with Crippen LogP contribution in [-0.2, 0) is 22.6 Å². The molecular weight excluding hydrogens is 715 g/mol. The molecule has 4 heterocycles. The molecule has 2 aliphatic heterocycles. The number of alkyl halides is 3. The Morgan fingerprint density at radius 2 is 1.83 bits per heavy atom. The summed E-state index contributed by atoms with van der Waals surface area (Å²) in [4.78, 5) is 32.9. The zero-order valence-corrected chi connectivity index (χ0v) is 29.4. The van der Waals surface area contributed by atoms with E-state index in [0.717, 1.165) is 5.56 Å². The van der Waals surface area contributed by atoms with Crippen LogP contribution in [0.25, 0.3) is 11.5 Å². The second kappa shape index (κ2) is 17.1. The smallest absolute Gasteiger partial charge is 0.405 e. The number of aromatic nitrogens is 1. The molecular formula is C38H41ClF3N5O6. The number of aliphatic hydroxyl groups is 2. The number of furan rings is 1. The van der Waals surface area contributed by atoms with E-state index in [-0.39, 0.29) is 51.0 Å². The molecule has 6 rings (SSSR count). The summed E-state index contributed by atoms with van der Waals surface area (Å²) in [6, 6.07) is 21.4. The third kappa shape index (κ3) is 10.4. The number of pyridine rings is 1. The van der Waals surface area contributed by atoms with Crippen LogP contribution < -0.4 is 20.7 Å². The number of piperazine rings is 1. The Labute approximate surface area is 309 Å². The van der Waals surface area contributed by atoms with Gasteiger partial charge in [0.05, 0.1) is 29.8 Å². The van der Waals surface area contributed by atoms with Crippen LogP contribution in [0.2, 0.25) is 5.02 Å². The van der Waals surface area contributed by atoms with Gasteiger partial charge in [0.2, 0.25) is 11.8 Å². The van der Waals surface area contributed by atoms with E-state index in [9.17, 15) is 33.0 Å². The highest BCUT2D eigenvalue weighted by Gasteiger charge is 2.37. The highest BCUT2D eigenvalue weighted by atomic mass is 35.5. The predicted molar refractivity (Wildman–Crippen MR) is 190 cm³/mol. The molecule has 0 aliphatic carbocycles. The van der Waals surface area contributed by atoms with Crippen LogP contribution in [0.1, 0.15) is 35.8 Å². The molecule has 0 saturated carbocycles. The molecule has 15 heteroatoms. The van der Waals surface area contributed by atoms with Gasteiger partial charge in [0.25, 0.3) is 0 Å². The summed E-state index contributed by atoms with van der Waals surface area (Å²) in [5.74, 6) is -0.244. The van der Waals surface area contributed by atoms with Crippen LogP contribution in [0.5, 0.6) is 5.75 Å². The average Bonchev–Trinajstić information content (AvgIpc) is 3.61. The highest BCUT2D eigenvalue weighted by molar-refractivity contribution is 6.30. The molecule has 11 nitrogen and oxygen atoms in total.